The summed E-state index contributed by atoms with van der Waals surface area (Å²) in [6, 6.07) is 9.11. The van der Waals surface area contributed by atoms with Gasteiger partial charge in [-0.3, -0.25) is 24.6 Å². The molecule has 0 saturated heterocycles. The molecule has 0 saturated carbocycles. The van der Waals surface area contributed by atoms with Gasteiger partial charge < -0.3 is 10.1 Å². The van der Waals surface area contributed by atoms with Crippen molar-refractivity contribution in [1.29, 1.82) is 0 Å². The molecule has 2 aromatic rings. The summed E-state index contributed by atoms with van der Waals surface area (Å²) < 4.78 is 5.74. The lowest BCUT2D eigenvalue weighted by atomic mass is 10.0. The molecule has 152 valence electrons. The third kappa shape index (κ3) is 4.17. The summed E-state index contributed by atoms with van der Waals surface area (Å²) >= 11 is 6.08. The molecule has 8 nitrogen and oxygen atoms in total. The number of hydrogen-bond donors (Lipinski definition) is 1. The molecule has 1 unspecified atom stereocenters. The number of nitro groups is 1. The smallest absolute Gasteiger partial charge is 0.271 e. The van der Waals surface area contributed by atoms with Crippen LogP contribution < -0.4 is 15.0 Å². The molecule has 29 heavy (non-hydrogen) atoms. The van der Waals surface area contributed by atoms with E-state index in [1.165, 1.54) is 23.1 Å². The zero-order valence-corrected chi connectivity index (χ0v) is 16.9. The number of carbonyl (C=O) groups is 2. The van der Waals surface area contributed by atoms with Crippen LogP contribution in [0.4, 0.5) is 17.1 Å². The average Bonchev–Trinajstić information content (AvgIpc) is 2.66. The van der Waals surface area contributed by atoms with Gasteiger partial charge in [-0.15, -0.1) is 0 Å². The van der Waals surface area contributed by atoms with Crippen LogP contribution in [0.1, 0.15) is 19.4 Å². The van der Waals surface area contributed by atoms with Crippen LogP contribution in [0.2, 0.25) is 5.02 Å². The zero-order chi connectivity index (χ0) is 21.3. The Labute approximate surface area is 172 Å². The molecule has 1 N–H and O–H groups in total. The summed E-state index contributed by atoms with van der Waals surface area (Å²) in [6.07, 6.45) is -0.787. The molecule has 0 aromatic heterocycles. The fourth-order valence-electron chi connectivity index (χ4n) is 3.05. The predicted octanol–water partition coefficient (Wildman–Crippen LogP) is 3.95. The number of non-ortho nitro benzene ring substituents is 1. The van der Waals surface area contributed by atoms with Crippen molar-refractivity contribution in [2.24, 2.45) is 5.92 Å². The zero-order valence-electron chi connectivity index (χ0n) is 16.1. The summed E-state index contributed by atoms with van der Waals surface area (Å²) in [6.45, 7) is 5.11. The molecule has 0 aliphatic carbocycles. The number of nitrogens with zero attached hydrogens (tertiary/aromatic N) is 2. The van der Waals surface area contributed by atoms with Crippen molar-refractivity contribution in [1.82, 2.24) is 0 Å². The van der Waals surface area contributed by atoms with E-state index in [-0.39, 0.29) is 23.8 Å². The molecule has 0 spiro atoms. The fourth-order valence-corrected chi connectivity index (χ4v) is 3.22. The summed E-state index contributed by atoms with van der Waals surface area (Å²) in [5, 5.41) is 14.4. The first-order valence-electron chi connectivity index (χ1n) is 9.00. The SMILES string of the molecule is Cc1c(Cl)cccc1NC(=O)CN1C(=O)C(C(C)C)Oc2ccc([N+](=O)[O-])cc21. The van der Waals surface area contributed by atoms with Gasteiger partial charge in [0.25, 0.3) is 11.6 Å². The second-order valence-electron chi connectivity index (χ2n) is 7.08. The van der Waals surface area contributed by atoms with Crippen LogP contribution in [0.15, 0.2) is 36.4 Å². The van der Waals surface area contributed by atoms with Crippen molar-refractivity contribution < 1.29 is 19.2 Å². The molecule has 1 atom stereocenters. The van der Waals surface area contributed by atoms with Crippen LogP contribution in [0.25, 0.3) is 0 Å². The van der Waals surface area contributed by atoms with Crippen LogP contribution in [0.3, 0.4) is 0 Å². The van der Waals surface area contributed by atoms with Crippen LogP contribution in [-0.4, -0.2) is 29.4 Å². The van der Waals surface area contributed by atoms with E-state index in [0.29, 0.717) is 22.0 Å². The molecule has 9 heteroatoms. The highest BCUT2D eigenvalue weighted by atomic mass is 35.5. The van der Waals surface area contributed by atoms with Gasteiger partial charge in [-0.2, -0.15) is 0 Å². The lowest BCUT2D eigenvalue weighted by Gasteiger charge is -2.35. The van der Waals surface area contributed by atoms with Crippen molar-refractivity contribution in [2.45, 2.75) is 26.9 Å². The summed E-state index contributed by atoms with van der Waals surface area (Å²) in [4.78, 5) is 37.4. The van der Waals surface area contributed by atoms with E-state index in [4.69, 9.17) is 16.3 Å². The number of fused-ring (bicyclic) bond motifs is 1. The maximum Gasteiger partial charge on any atom is 0.271 e. The highest BCUT2D eigenvalue weighted by Gasteiger charge is 2.38. The molecule has 1 aliphatic heterocycles. The normalized spacial score (nSPS) is 15.7. The average molecular weight is 418 g/mol. The Hall–Kier alpha value is -3.13. The summed E-state index contributed by atoms with van der Waals surface area (Å²) in [5.74, 6) is -0.705. The molecule has 0 fully saturated rings. The number of benzene rings is 2. The number of ether oxygens (including phenoxy) is 1. The molecule has 3 rings (SSSR count). The first-order chi connectivity index (χ1) is 13.7. The highest BCUT2D eigenvalue weighted by Crippen LogP contribution is 2.38. The Morgan fingerprint density at radius 2 is 2.07 bits per heavy atom. The third-order valence-electron chi connectivity index (χ3n) is 4.66. The van der Waals surface area contributed by atoms with Gasteiger partial charge in [-0.25, -0.2) is 0 Å². The number of carbonyl (C=O) groups excluding carboxylic acids is 2. The number of nitro benzene ring substituents is 1. The molecule has 1 aliphatic rings. The largest absolute Gasteiger partial charge is 0.478 e. The maximum atomic E-state index is 12.9. The van der Waals surface area contributed by atoms with Crippen molar-refractivity contribution in [3.8, 4) is 5.75 Å². The molecule has 1 heterocycles. The van der Waals surface area contributed by atoms with Crippen molar-refractivity contribution in [2.75, 3.05) is 16.8 Å². The molecule has 0 radical (unpaired) electrons. The molecular formula is C20H20ClN3O5. The lowest BCUT2D eigenvalue weighted by molar-refractivity contribution is -0.384. The Morgan fingerprint density at radius 3 is 2.72 bits per heavy atom. The standard InChI is InChI=1S/C20H20ClN3O5/c1-11(2)19-20(26)23(16-9-13(24(27)28)7-8-17(16)29-19)10-18(25)22-15-6-4-5-14(21)12(15)3/h4-9,11,19H,10H2,1-3H3,(H,22,25). The molecular weight excluding hydrogens is 398 g/mol. The Kier molecular flexibility index (Phi) is 5.74. The third-order valence-corrected chi connectivity index (χ3v) is 5.07. The van der Waals surface area contributed by atoms with Crippen LogP contribution in [-0.2, 0) is 9.59 Å². The highest BCUT2D eigenvalue weighted by molar-refractivity contribution is 6.31. The van der Waals surface area contributed by atoms with Crippen molar-refractivity contribution in [3.63, 3.8) is 0 Å². The number of anilines is 2. The van der Waals surface area contributed by atoms with Gasteiger partial charge in [0.15, 0.2) is 6.10 Å². The Balaban J connectivity index is 1.92. The van der Waals surface area contributed by atoms with Gasteiger partial charge in [0, 0.05) is 22.8 Å². The predicted molar refractivity (Wildman–Crippen MR) is 110 cm³/mol. The van der Waals surface area contributed by atoms with Crippen LogP contribution >= 0.6 is 11.6 Å². The van der Waals surface area contributed by atoms with Gasteiger partial charge in [-0.05, 0) is 36.6 Å². The van der Waals surface area contributed by atoms with E-state index in [9.17, 15) is 19.7 Å². The van der Waals surface area contributed by atoms with Gasteiger partial charge in [0.2, 0.25) is 5.91 Å². The van der Waals surface area contributed by atoms with Crippen LogP contribution in [0, 0.1) is 23.0 Å². The van der Waals surface area contributed by atoms with E-state index in [0.717, 1.165) is 0 Å². The minimum Gasteiger partial charge on any atom is -0.478 e. The van der Waals surface area contributed by atoms with E-state index < -0.39 is 22.8 Å². The lowest BCUT2D eigenvalue weighted by Crippen LogP contribution is -2.50. The minimum absolute atomic E-state index is 0.147. The van der Waals surface area contributed by atoms with Crippen molar-refractivity contribution >= 4 is 40.5 Å². The monoisotopic (exact) mass is 417 g/mol. The number of hydrogen-bond acceptors (Lipinski definition) is 5. The first-order valence-corrected chi connectivity index (χ1v) is 9.38. The van der Waals surface area contributed by atoms with E-state index in [1.807, 2.05) is 13.8 Å². The topological polar surface area (TPSA) is 102 Å². The molecule has 2 amide bonds. The summed E-state index contributed by atoms with van der Waals surface area (Å²) in [7, 11) is 0. The summed E-state index contributed by atoms with van der Waals surface area (Å²) in [5.41, 5.74) is 1.23. The van der Waals surface area contributed by atoms with Gasteiger partial charge in [0.1, 0.15) is 12.3 Å². The Morgan fingerprint density at radius 1 is 1.34 bits per heavy atom. The molecule has 0 bridgehead atoms. The first kappa shape index (κ1) is 20.6. The number of amides is 2. The van der Waals surface area contributed by atoms with Gasteiger partial charge in [-0.1, -0.05) is 31.5 Å². The minimum atomic E-state index is -0.787. The van der Waals surface area contributed by atoms with Gasteiger partial charge in [0.05, 0.1) is 10.6 Å². The number of rotatable bonds is 5. The van der Waals surface area contributed by atoms with Crippen molar-refractivity contribution in [3.05, 3.63) is 57.1 Å². The molecule has 2 aromatic carbocycles. The maximum absolute atomic E-state index is 12.9. The number of halogens is 1. The number of nitrogens with one attached hydrogen (secondary N) is 1. The fraction of sp³-hybridized carbons (Fsp3) is 0.300. The van der Waals surface area contributed by atoms with Crippen LogP contribution in [0.5, 0.6) is 5.75 Å². The van der Waals surface area contributed by atoms with E-state index in [1.54, 1.807) is 25.1 Å². The Bertz CT molecular complexity index is 992. The second kappa shape index (κ2) is 8.08. The second-order valence-corrected chi connectivity index (χ2v) is 7.48. The quantitative estimate of drug-likeness (QED) is 0.586. The van der Waals surface area contributed by atoms with E-state index >= 15 is 0 Å². The van der Waals surface area contributed by atoms with Gasteiger partial charge >= 0.3 is 0 Å². The van der Waals surface area contributed by atoms with E-state index in [2.05, 4.69) is 5.32 Å².